The second-order valence-electron chi connectivity index (χ2n) is 5.72. The Kier molecular flexibility index (Phi) is 4.87. The van der Waals surface area contributed by atoms with Crippen LogP contribution in [0.15, 0.2) is 60.7 Å². The number of aliphatic hydroxyl groups is 1. The first-order chi connectivity index (χ1) is 11.7. The van der Waals surface area contributed by atoms with Crippen LogP contribution in [0, 0.1) is 5.82 Å². The quantitative estimate of drug-likeness (QED) is 0.757. The summed E-state index contributed by atoms with van der Waals surface area (Å²) in [7, 11) is 0. The highest BCUT2D eigenvalue weighted by atomic mass is 19.1. The number of hydrogen-bond donors (Lipinski definition) is 2. The summed E-state index contributed by atoms with van der Waals surface area (Å²) in [4.78, 5) is 12.1. The molecule has 0 aliphatic rings. The molecule has 3 rings (SSSR count). The van der Waals surface area contributed by atoms with Crippen LogP contribution < -0.4 is 5.32 Å². The van der Waals surface area contributed by atoms with Crippen molar-refractivity contribution in [1.29, 1.82) is 0 Å². The third-order valence-electron chi connectivity index (χ3n) is 3.95. The van der Waals surface area contributed by atoms with Gasteiger partial charge in [0, 0.05) is 12.1 Å². The summed E-state index contributed by atoms with van der Waals surface area (Å²) in [5.41, 5.74) is 1.94. The van der Waals surface area contributed by atoms with Crippen LogP contribution in [0.4, 0.5) is 4.39 Å². The van der Waals surface area contributed by atoms with Gasteiger partial charge in [-0.3, -0.25) is 4.79 Å². The lowest BCUT2D eigenvalue weighted by molar-refractivity contribution is -0.120. The van der Waals surface area contributed by atoms with Gasteiger partial charge in [0.25, 0.3) is 0 Å². The number of carbonyl (C=O) groups excluding carboxylic acids is 1. The van der Waals surface area contributed by atoms with E-state index in [1.807, 2.05) is 42.5 Å². The van der Waals surface area contributed by atoms with Crippen molar-refractivity contribution >= 4 is 16.7 Å². The molecule has 0 aliphatic carbocycles. The van der Waals surface area contributed by atoms with E-state index in [0.29, 0.717) is 13.0 Å². The monoisotopic (exact) mass is 323 g/mol. The molecule has 0 bridgehead atoms. The maximum absolute atomic E-state index is 13.3. The van der Waals surface area contributed by atoms with Crippen LogP contribution >= 0.6 is 0 Å². The van der Waals surface area contributed by atoms with Crippen molar-refractivity contribution in [2.75, 3.05) is 0 Å². The molecule has 0 fully saturated rings. The predicted octanol–water partition coefficient (Wildman–Crippen LogP) is 3.33. The van der Waals surface area contributed by atoms with Gasteiger partial charge in [-0.25, -0.2) is 4.39 Å². The van der Waals surface area contributed by atoms with Gasteiger partial charge in [-0.15, -0.1) is 0 Å². The molecule has 0 atom stereocenters. The molecule has 1 amide bonds. The first-order valence-corrected chi connectivity index (χ1v) is 7.78. The number of carbonyl (C=O) groups is 1. The molecule has 2 N–H and O–H groups in total. The van der Waals surface area contributed by atoms with Crippen LogP contribution in [-0.4, -0.2) is 11.0 Å². The molecule has 3 nitrogen and oxygen atoms in total. The van der Waals surface area contributed by atoms with Crippen LogP contribution in [0.3, 0.4) is 0 Å². The van der Waals surface area contributed by atoms with E-state index in [0.717, 1.165) is 21.9 Å². The Morgan fingerprint density at radius 3 is 2.50 bits per heavy atom. The topological polar surface area (TPSA) is 49.3 Å². The summed E-state index contributed by atoms with van der Waals surface area (Å²) in [5.74, 6) is -0.538. The van der Waals surface area contributed by atoms with Gasteiger partial charge in [0.05, 0.1) is 13.0 Å². The van der Waals surface area contributed by atoms with Gasteiger partial charge in [0.1, 0.15) is 5.82 Å². The molecule has 0 saturated heterocycles. The van der Waals surface area contributed by atoms with E-state index in [4.69, 9.17) is 5.11 Å². The van der Waals surface area contributed by atoms with Gasteiger partial charge in [-0.2, -0.15) is 0 Å². The zero-order chi connectivity index (χ0) is 16.9. The lowest BCUT2D eigenvalue weighted by Gasteiger charge is -2.08. The minimum absolute atomic E-state index is 0.0971. The molecule has 0 aliphatic heterocycles. The van der Waals surface area contributed by atoms with Gasteiger partial charge < -0.3 is 10.4 Å². The number of fused-ring (bicyclic) bond motifs is 1. The summed E-state index contributed by atoms with van der Waals surface area (Å²) in [6, 6.07) is 18.4. The van der Waals surface area contributed by atoms with Gasteiger partial charge in [-0.05, 0) is 34.0 Å². The smallest absolute Gasteiger partial charge is 0.224 e. The highest BCUT2D eigenvalue weighted by Crippen LogP contribution is 2.16. The van der Waals surface area contributed by atoms with Crippen molar-refractivity contribution in [2.45, 2.75) is 19.6 Å². The lowest BCUT2D eigenvalue weighted by atomic mass is 10.0. The molecule has 0 spiro atoms. The third-order valence-corrected chi connectivity index (χ3v) is 3.95. The van der Waals surface area contributed by atoms with Gasteiger partial charge in [-0.1, -0.05) is 48.5 Å². The average Bonchev–Trinajstić information content (AvgIpc) is 2.61. The zero-order valence-electron chi connectivity index (χ0n) is 13.1. The van der Waals surface area contributed by atoms with E-state index in [9.17, 15) is 9.18 Å². The van der Waals surface area contributed by atoms with Crippen molar-refractivity contribution < 1.29 is 14.3 Å². The Morgan fingerprint density at radius 1 is 0.958 bits per heavy atom. The summed E-state index contributed by atoms with van der Waals surface area (Å²) in [6.45, 7) is -0.0512. The van der Waals surface area contributed by atoms with E-state index in [2.05, 4.69) is 5.32 Å². The fraction of sp³-hybridized carbons (Fsp3) is 0.150. The van der Waals surface area contributed by atoms with E-state index < -0.39 is 5.82 Å². The van der Waals surface area contributed by atoms with Gasteiger partial charge >= 0.3 is 0 Å². The number of amides is 1. The van der Waals surface area contributed by atoms with Crippen molar-refractivity contribution in [1.82, 2.24) is 5.32 Å². The predicted molar refractivity (Wildman–Crippen MR) is 91.8 cm³/mol. The molecule has 0 radical (unpaired) electrons. The molecule has 0 heterocycles. The number of nitrogens with one attached hydrogen (secondary N) is 1. The fourth-order valence-corrected chi connectivity index (χ4v) is 2.66. The maximum Gasteiger partial charge on any atom is 0.224 e. The average molecular weight is 323 g/mol. The molecule has 0 saturated carbocycles. The Labute approximate surface area is 139 Å². The number of aliphatic hydroxyl groups excluding tert-OH is 1. The summed E-state index contributed by atoms with van der Waals surface area (Å²) >= 11 is 0. The maximum atomic E-state index is 13.3. The minimum Gasteiger partial charge on any atom is -0.392 e. The fourth-order valence-electron chi connectivity index (χ4n) is 2.66. The van der Waals surface area contributed by atoms with Crippen molar-refractivity contribution in [2.24, 2.45) is 0 Å². The molecule has 24 heavy (non-hydrogen) atoms. The van der Waals surface area contributed by atoms with Crippen LogP contribution in [-0.2, 0) is 24.4 Å². The molecule has 4 heteroatoms. The van der Waals surface area contributed by atoms with Gasteiger partial charge in [0.2, 0.25) is 5.91 Å². The minimum atomic E-state index is -0.441. The van der Waals surface area contributed by atoms with Crippen LogP contribution in [0.1, 0.15) is 16.7 Å². The van der Waals surface area contributed by atoms with Crippen molar-refractivity contribution in [3.05, 3.63) is 83.2 Å². The summed E-state index contributed by atoms with van der Waals surface area (Å²) < 4.78 is 13.3. The Balaban J connectivity index is 1.62. The number of rotatable bonds is 5. The molecule has 3 aromatic carbocycles. The first kappa shape index (κ1) is 16.1. The van der Waals surface area contributed by atoms with E-state index >= 15 is 0 Å². The van der Waals surface area contributed by atoms with Gasteiger partial charge in [0.15, 0.2) is 0 Å². The normalized spacial score (nSPS) is 10.8. The number of halogens is 1. The molecular formula is C20H18FNO2. The summed E-state index contributed by atoms with van der Waals surface area (Å²) in [5, 5.41) is 14.1. The van der Waals surface area contributed by atoms with E-state index in [1.165, 1.54) is 6.07 Å². The molecule has 122 valence electrons. The van der Waals surface area contributed by atoms with Crippen molar-refractivity contribution in [3.63, 3.8) is 0 Å². The third kappa shape index (κ3) is 3.78. The van der Waals surface area contributed by atoms with Crippen molar-refractivity contribution in [3.8, 4) is 0 Å². The number of benzene rings is 3. The van der Waals surface area contributed by atoms with E-state index in [1.54, 1.807) is 12.1 Å². The highest BCUT2D eigenvalue weighted by molar-refractivity contribution is 5.85. The Morgan fingerprint density at radius 2 is 1.71 bits per heavy atom. The molecule has 3 aromatic rings. The largest absolute Gasteiger partial charge is 0.392 e. The lowest BCUT2D eigenvalue weighted by Crippen LogP contribution is -2.24. The van der Waals surface area contributed by atoms with Crippen LogP contribution in [0.5, 0.6) is 0 Å². The Hall–Kier alpha value is -2.72. The summed E-state index contributed by atoms with van der Waals surface area (Å²) in [6.07, 6.45) is 0.291. The Bertz CT molecular complexity index is 876. The van der Waals surface area contributed by atoms with Crippen LogP contribution in [0.25, 0.3) is 10.8 Å². The second-order valence-corrected chi connectivity index (χ2v) is 5.72. The number of hydrogen-bond acceptors (Lipinski definition) is 2. The van der Waals surface area contributed by atoms with E-state index in [-0.39, 0.29) is 18.1 Å². The second kappa shape index (κ2) is 7.23. The SMILES string of the molecule is O=C(Cc1ccc2ccccc2c1)NCc1ccc(F)c(CO)c1. The molecular weight excluding hydrogens is 305 g/mol. The first-order valence-electron chi connectivity index (χ1n) is 7.78. The highest BCUT2D eigenvalue weighted by Gasteiger charge is 2.06. The molecule has 0 aromatic heterocycles. The molecule has 0 unspecified atom stereocenters. The standard InChI is InChI=1S/C20H18FNO2/c21-19-8-6-15(10-18(19)13-23)12-22-20(24)11-14-5-7-16-3-1-2-4-17(16)9-14/h1-10,23H,11-13H2,(H,22,24). The zero-order valence-corrected chi connectivity index (χ0v) is 13.1. The van der Waals surface area contributed by atoms with Crippen LogP contribution in [0.2, 0.25) is 0 Å².